The molecule has 12 heteroatoms. The topological polar surface area (TPSA) is 137 Å². The predicted octanol–water partition coefficient (Wildman–Crippen LogP) is 11.3. The van der Waals surface area contributed by atoms with E-state index in [1.165, 1.54) is 87.7 Å². The largest absolute Gasteiger partial charge is 0.372 e. The van der Waals surface area contributed by atoms with Crippen molar-refractivity contribution in [3.05, 3.63) is 118 Å². The van der Waals surface area contributed by atoms with Crippen LogP contribution in [0.25, 0.3) is 20.8 Å². The molecule has 2 fully saturated rings. The van der Waals surface area contributed by atoms with Crippen molar-refractivity contribution >= 4 is 46.0 Å². The minimum atomic E-state index is -0.345. The summed E-state index contributed by atoms with van der Waals surface area (Å²) in [6.07, 6.45) is 25.1. The number of imidazole rings is 2. The van der Waals surface area contributed by atoms with Crippen LogP contribution in [0.3, 0.4) is 0 Å². The van der Waals surface area contributed by atoms with Crippen LogP contribution < -0.4 is 10.6 Å². The second-order valence-electron chi connectivity index (χ2n) is 17.3. The molecule has 4 N–H and O–H groups in total. The van der Waals surface area contributed by atoms with Gasteiger partial charge in [0, 0.05) is 29.0 Å². The standard InChI is InChI=1S/C27H35N5O2.C21H22N4O/c1-19(34-16-15-32(3)4)21-7-8-23(30-26(33)25-29-18-24(28-2)31-25)22(17-21)20-9-13-27(14-10-20)11-5-6-12-27;1-22-18-14-23-19(25-18)20(26)24-17-7-3-2-6-16(17)15-8-12-21(13-9-15)10-4-5-11-21/h7-9,17-19H,5-6,10-16H2,1,3-4H3,(H,29,31)(H,30,33);2-3,6-8,14H,4-5,9-13H2,(H,23,25)(H,24,26). The van der Waals surface area contributed by atoms with Gasteiger partial charge < -0.3 is 30.0 Å². The predicted molar refractivity (Wildman–Crippen MR) is 237 cm³/mol. The van der Waals surface area contributed by atoms with Gasteiger partial charge in [0.1, 0.15) is 0 Å². The molecule has 0 radical (unpaired) electrons. The van der Waals surface area contributed by atoms with Crippen molar-refractivity contribution in [2.24, 2.45) is 10.8 Å². The van der Waals surface area contributed by atoms with Crippen molar-refractivity contribution in [1.29, 1.82) is 0 Å². The van der Waals surface area contributed by atoms with Gasteiger partial charge in [0.25, 0.3) is 11.6 Å². The first-order valence-corrected chi connectivity index (χ1v) is 21.4. The normalized spacial score (nSPS) is 18.2. The summed E-state index contributed by atoms with van der Waals surface area (Å²) < 4.78 is 6.07. The zero-order valence-corrected chi connectivity index (χ0v) is 35.2. The lowest BCUT2D eigenvalue weighted by atomic mass is 9.72. The molecule has 12 nitrogen and oxygen atoms in total. The summed E-state index contributed by atoms with van der Waals surface area (Å²) in [4.78, 5) is 47.5. The van der Waals surface area contributed by atoms with Gasteiger partial charge in [-0.15, -0.1) is 0 Å². The van der Waals surface area contributed by atoms with E-state index in [0.717, 1.165) is 60.3 Å². The Hall–Kier alpha value is -5.82. The van der Waals surface area contributed by atoms with Crippen molar-refractivity contribution in [1.82, 2.24) is 24.8 Å². The number of aromatic amines is 2. The molecule has 2 aromatic carbocycles. The number of nitrogens with zero attached hydrogens (tertiary/aromatic N) is 5. The molecule has 4 aromatic rings. The SMILES string of the molecule is [C-]#[N+]c1cnc(C(=O)Nc2ccc(C(C)OCCN(C)C)cc2C2=CCC3(CCCC3)CC2)[nH]1.[C-]#[N+]c1cnc(C(=O)Nc2ccccc2C2=CCC3(CCCC3)CC2)[nH]1. The van der Waals surface area contributed by atoms with E-state index in [9.17, 15) is 9.59 Å². The quantitative estimate of drug-likeness (QED) is 0.111. The van der Waals surface area contributed by atoms with E-state index in [1.807, 2.05) is 44.4 Å². The molecule has 2 heterocycles. The van der Waals surface area contributed by atoms with Crippen molar-refractivity contribution in [3.63, 3.8) is 0 Å². The smallest absolute Gasteiger partial charge is 0.314 e. The average molecular weight is 808 g/mol. The number of carbonyl (C=O) groups excluding carboxylic acids is 2. The molecular weight excluding hydrogens is 751 g/mol. The Morgan fingerprint density at radius 2 is 1.28 bits per heavy atom. The van der Waals surface area contributed by atoms with Crippen LogP contribution in [0.4, 0.5) is 23.0 Å². The van der Waals surface area contributed by atoms with Crippen LogP contribution in [0.5, 0.6) is 0 Å². The van der Waals surface area contributed by atoms with Crippen LogP contribution in [0.2, 0.25) is 0 Å². The number of benzene rings is 2. The molecule has 1 unspecified atom stereocenters. The number of anilines is 2. The summed E-state index contributed by atoms with van der Waals surface area (Å²) in [5, 5.41) is 5.97. The lowest BCUT2D eigenvalue weighted by Crippen LogP contribution is -2.20. The number of carbonyl (C=O) groups is 2. The number of likely N-dealkylation sites (N-methyl/N-ethyl adjacent to an activating group) is 1. The molecule has 4 aliphatic rings. The molecule has 0 bridgehead atoms. The lowest BCUT2D eigenvalue weighted by Gasteiger charge is -2.33. The number of H-pyrrole nitrogens is 2. The van der Waals surface area contributed by atoms with Gasteiger partial charge >= 0.3 is 11.8 Å². The zero-order valence-electron chi connectivity index (χ0n) is 35.2. The molecule has 2 amide bonds. The molecule has 1 atom stereocenters. The number of nitrogens with one attached hydrogen (secondary N) is 4. The molecule has 0 aliphatic heterocycles. The number of rotatable bonds is 11. The molecule has 2 spiro atoms. The molecule has 312 valence electrons. The van der Waals surface area contributed by atoms with E-state index in [1.54, 1.807) is 0 Å². The van der Waals surface area contributed by atoms with Gasteiger partial charge in [-0.2, -0.15) is 0 Å². The van der Waals surface area contributed by atoms with E-state index >= 15 is 0 Å². The number of allylic oxidation sites excluding steroid dienone is 4. The molecule has 60 heavy (non-hydrogen) atoms. The number of para-hydroxylation sites is 1. The molecule has 4 aliphatic carbocycles. The molecule has 8 rings (SSSR count). The van der Waals surface area contributed by atoms with Gasteiger partial charge in [0.05, 0.1) is 25.1 Å². The first-order valence-electron chi connectivity index (χ1n) is 21.4. The highest BCUT2D eigenvalue weighted by atomic mass is 16.5. The number of amides is 2. The van der Waals surface area contributed by atoms with E-state index in [2.05, 4.69) is 76.4 Å². The Labute approximate surface area is 354 Å². The Morgan fingerprint density at radius 1 is 0.767 bits per heavy atom. The summed E-state index contributed by atoms with van der Waals surface area (Å²) in [6.45, 7) is 17.7. The Kier molecular flexibility index (Phi) is 13.4. The zero-order chi connectivity index (χ0) is 42.1. The Morgan fingerprint density at radius 3 is 1.77 bits per heavy atom. The van der Waals surface area contributed by atoms with E-state index in [4.69, 9.17) is 17.9 Å². The van der Waals surface area contributed by atoms with Gasteiger partial charge in [0.2, 0.25) is 11.6 Å². The first kappa shape index (κ1) is 42.3. The van der Waals surface area contributed by atoms with E-state index in [-0.39, 0.29) is 41.2 Å². The van der Waals surface area contributed by atoms with Crippen molar-refractivity contribution < 1.29 is 14.3 Å². The van der Waals surface area contributed by atoms with Crippen molar-refractivity contribution in [2.75, 3.05) is 37.9 Å². The van der Waals surface area contributed by atoms with Crippen molar-refractivity contribution in [3.8, 4) is 0 Å². The highest BCUT2D eigenvalue weighted by Crippen LogP contribution is 2.51. The van der Waals surface area contributed by atoms with Crippen LogP contribution in [0.1, 0.15) is 141 Å². The van der Waals surface area contributed by atoms with E-state index < -0.39 is 0 Å². The summed E-state index contributed by atoms with van der Waals surface area (Å²) in [7, 11) is 4.08. The molecule has 2 saturated carbocycles. The summed E-state index contributed by atoms with van der Waals surface area (Å²) in [5.41, 5.74) is 8.43. The fourth-order valence-corrected chi connectivity index (χ4v) is 9.44. The number of hydrogen-bond acceptors (Lipinski definition) is 6. The van der Waals surface area contributed by atoms with Gasteiger partial charge in [-0.25, -0.2) is 9.97 Å². The highest BCUT2D eigenvalue weighted by Gasteiger charge is 2.36. The first-order chi connectivity index (χ1) is 29.1. The third-order valence-corrected chi connectivity index (χ3v) is 13.1. The Bertz CT molecular complexity index is 2310. The van der Waals surface area contributed by atoms with Crippen LogP contribution in [0, 0.1) is 24.0 Å². The van der Waals surface area contributed by atoms with Gasteiger partial charge in [-0.3, -0.25) is 19.6 Å². The fourth-order valence-electron chi connectivity index (χ4n) is 9.44. The number of hydrogen-bond donors (Lipinski definition) is 4. The van der Waals surface area contributed by atoms with Crippen LogP contribution in [0.15, 0.2) is 67.0 Å². The molecule has 2 aromatic heterocycles. The summed E-state index contributed by atoms with van der Waals surface area (Å²) >= 11 is 0. The third-order valence-electron chi connectivity index (χ3n) is 13.1. The number of aromatic nitrogens is 4. The second kappa shape index (κ2) is 19.1. The fraction of sp³-hybridized carbons (Fsp3) is 0.458. The summed E-state index contributed by atoms with van der Waals surface area (Å²) in [5.74, 6) is 0.151. The third kappa shape index (κ3) is 10.1. The van der Waals surface area contributed by atoms with Gasteiger partial charge in [-0.05, 0) is 131 Å². The van der Waals surface area contributed by atoms with Crippen LogP contribution in [-0.2, 0) is 4.74 Å². The van der Waals surface area contributed by atoms with Gasteiger partial charge in [-0.1, -0.05) is 75.2 Å². The average Bonchev–Trinajstić information content (AvgIpc) is 4.11. The monoisotopic (exact) mass is 807 g/mol. The molecular formula is C48H57N9O3. The highest BCUT2D eigenvalue weighted by molar-refractivity contribution is 6.04. The number of ether oxygens (including phenoxy) is 1. The van der Waals surface area contributed by atoms with Crippen LogP contribution >= 0.6 is 0 Å². The van der Waals surface area contributed by atoms with Gasteiger partial charge in [0.15, 0.2) is 0 Å². The maximum absolute atomic E-state index is 12.8. The van der Waals surface area contributed by atoms with Crippen LogP contribution in [-0.4, -0.2) is 63.9 Å². The summed E-state index contributed by atoms with van der Waals surface area (Å²) in [6, 6.07) is 14.1. The maximum Gasteiger partial charge on any atom is 0.314 e. The minimum absolute atomic E-state index is 0.0416. The maximum atomic E-state index is 12.8. The Balaban J connectivity index is 0.000000188. The van der Waals surface area contributed by atoms with E-state index in [0.29, 0.717) is 17.4 Å². The minimum Gasteiger partial charge on any atom is -0.372 e. The molecule has 0 saturated heterocycles. The van der Waals surface area contributed by atoms with Crippen molar-refractivity contribution in [2.45, 2.75) is 103 Å². The lowest BCUT2D eigenvalue weighted by molar-refractivity contribution is 0.0555. The second-order valence-corrected chi connectivity index (χ2v) is 17.3.